The predicted molar refractivity (Wildman–Crippen MR) is 61.7 cm³/mol. The molecule has 1 aliphatic carbocycles. The molecule has 78 valence electrons. The van der Waals surface area contributed by atoms with Crippen molar-refractivity contribution in [3.8, 4) is 0 Å². The molecule has 0 bridgehead atoms. The van der Waals surface area contributed by atoms with Gasteiger partial charge in [-0.05, 0) is 43.9 Å². The molecule has 1 heterocycles. The molecule has 1 aromatic rings. The van der Waals surface area contributed by atoms with Crippen molar-refractivity contribution in [3.05, 3.63) is 23.4 Å². The second kappa shape index (κ2) is 4.99. The molecule has 2 nitrogen and oxygen atoms in total. The summed E-state index contributed by atoms with van der Waals surface area (Å²) in [5.41, 5.74) is 2.59. The molecule has 1 aromatic heterocycles. The molecular formula is C12H20N2. The number of nitrogens with one attached hydrogen (secondary N) is 1. The van der Waals surface area contributed by atoms with Crippen molar-refractivity contribution in [1.82, 2.24) is 4.98 Å². The maximum absolute atomic E-state index is 4.31. The number of aryl methyl sites for hydroxylation is 1. The molecule has 0 aliphatic heterocycles. The highest BCUT2D eigenvalue weighted by Gasteiger charge is 2.21. The lowest BCUT2D eigenvalue weighted by molar-refractivity contribution is 1.09. The standard InChI is InChI=1S/C10H14N2.C2H6/c1-7-5-6-11-10(8(7)2)12-9-3-4-9;1-2/h5-6,9H,3-4H2,1-2H3,(H,11,12);1-2H3. The van der Waals surface area contributed by atoms with Crippen molar-refractivity contribution >= 4 is 5.82 Å². The Hall–Kier alpha value is -1.05. The van der Waals surface area contributed by atoms with Crippen molar-refractivity contribution in [2.24, 2.45) is 0 Å². The highest BCUT2D eigenvalue weighted by Crippen LogP contribution is 2.25. The van der Waals surface area contributed by atoms with Crippen molar-refractivity contribution in [3.63, 3.8) is 0 Å². The summed E-state index contributed by atoms with van der Waals surface area (Å²) in [6.07, 6.45) is 4.47. The molecule has 2 heteroatoms. The minimum absolute atomic E-state index is 0.693. The minimum atomic E-state index is 0.693. The number of anilines is 1. The number of rotatable bonds is 2. The molecule has 2 rings (SSSR count). The van der Waals surface area contributed by atoms with Gasteiger partial charge in [0, 0.05) is 12.2 Å². The molecule has 0 spiro atoms. The highest BCUT2D eigenvalue weighted by molar-refractivity contribution is 5.48. The van der Waals surface area contributed by atoms with Crippen molar-refractivity contribution in [2.75, 3.05) is 5.32 Å². The summed E-state index contributed by atoms with van der Waals surface area (Å²) < 4.78 is 0. The number of aromatic nitrogens is 1. The Kier molecular flexibility index (Phi) is 3.93. The molecule has 0 unspecified atom stereocenters. The maximum atomic E-state index is 4.31. The van der Waals surface area contributed by atoms with E-state index in [0.717, 1.165) is 5.82 Å². The van der Waals surface area contributed by atoms with Crippen LogP contribution in [0, 0.1) is 13.8 Å². The van der Waals surface area contributed by atoms with Crippen LogP contribution in [0.5, 0.6) is 0 Å². The number of hydrogen-bond donors (Lipinski definition) is 1. The Morgan fingerprint density at radius 1 is 1.29 bits per heavy atom. The summed E-state index contributed by atoms with van der Waals surface area (Å²) in [4.78, 5) is 4.31. The Labute approximate surface area is 86.8 Å². The van der Waals surface area contributed by atoms with Gasteiger partial charge >= 0.3 is 0 Å². The lowest BCUT2D eigenvalue weighted by Gasteiger charge is -2.08. The van der Waals surface area contributed by atoms with E-state index in [2.05, 4.69) is 24.1 Å². The lowest BCUT2D eigenvalue weighted by atomic mass is 10.2. The van der Waals surface area contributed by atoms with Crippen LogP contribution < -0.4 is 5.32 Å². The minimum Gasteiger partial charge on any atom is -0.367 e. The van der Waals surface area contributed by atoms with Crippen LogP contribution in [0.3, 0.4) is 0 Å². The number of pyridine rings is 1. The molecule has 1 N–H and O–H groups in total. The molecular weight excluding hydrogens is 172 g/mol. The van der Waals surface area contributed by atoms with Gasteiger partial charge in [0.1, 0.15) is 5.82 Å². The van der Waals surface area contributed by atoms with Gasteiger partial charge in [0.2, 0.25) is 0 Å². The summed E-state index contributed by atoms with van der Waals surface area (Å²) in [6, 6.07) is 2.74. The van der Waals surface area contributed by atoms with Crippen LogP contribution in [0.15, 0.2) is 12.3 Å². The van der Waals surface area contributed by atoms with E-state index in [9.17, 15) is 0 Å². The first-order valence-corrected chi connectivity index (χ1v) is 5.46. The summed E-state index contributed by atoms with van der Waals surface area (Å²) in [5, 5.41) is 3.41. The molecule has 0 amide bonds. The van der Waals surface area contributed by atoms with Gasteiger partial charge in [0.25, 0.3) is 0 Å². The summed E-state index contributed by atoms with van der Waals surface area (Å²) in [6.45, 7) is 8.24. The summed E-state index contributed by atoms with van der Waals surface area (Å²) in [5.74, 6) is 1.07. The fraction of sp³-hybridized carbons (Fsp3) is 0.583. The second-order valence-corrected chi connectivity index (χ2v) is 3.52. The van der Waals surface area contributed by atoms with Gasteiger partial charge in [0.15, 0.2) is 0 Å². The van der Waals surface area contributed by atoms with Crippen molar-refractivity contribution < 1.29 is 0 Å². The predicted octanol–water partition coefficient (Wildman–Crippen LogP) is 3.30. The molecule has 1 saturated carbocycles. The van der Waals surface area contributed by atoms with Gasteiger partial charge < -0.3 is 5.32 Å². The quantitative estimate of drug-likeness (QED) is 0.777. The van der Waals surface area contributed by atoms with E-state index >= 15 is 0 Å². The molecule has 1 aliphatic rings. The fourth-order valence-electron chi connectivity index (χ4n) is 1.20. The summed E-state index contributed by atoms with van der Waals surface area (Å²) >= 11 is 0. The molecule has 0 saturated heterocycles. The Morgan fingerprint density at radius 3 is 2.50 bits per heavy atom. The highest BCUT2D eigenvalue weighted by atomic mass is 15.0. The van der Waals surface area contributed by atoms with E-state index < -0.39 is 0 Å². The average Bonchev–Trinajstić information content (AvgIpc) is 3.00. The van der Waals surface area contributed by atoms with Gasteiger partial charge in [-0.3, -0.25) is 0 Å². The van der Waals surface area contributed by atoms with E-state index in [4.69, 9.17) is 0 Å². The Morgan fingerprint density at radius 2 is 1.93 bits per heavy atom. The van der Waals surface area contributed by atoms with Crippen LogP contribution in [0.25, 0.3) is 0 Å². The van der Waals surface area contributed by atoms with Crippen molar-refractivity contribution in [1.29, 1.82) is 0 Å². The topological polar surface area (TPSA) is 24.9 Å². The third kappa shape index (κ3) is 2.72. The van der Waals surface area contributed by atoms with E-state index in [-0.39, 0.29) is 0 Å². The first-order valence-electron chi connectivity index (χ1n) is 5.46. The molecule has 0 radical (unpaired) electrons. The lowest BCUT2D eigenvalue weighted by Crippen LogP contribution is -2.05. The second-order valence-electron chi connectivity index (χ2n) is 3.52. The SMILES string of the molecule is CC.Cc1ccnc(NC2CC2)c1C. The number of nitrogens with zero attached hydrogens (tertiary/aromatic N) is 1. The Balaban J connectivity index is 0.000000461. The zero-order valence-corrected chi connectivity index (χ0v) is 9.59. The smallest absolute Gasteiger partial charge is 0.129 e. The molecule has 1 fully saturated rings. The third-order valence-corrected chi connectivity index (χ3v) is 2.39. The summed E-state index contributed by atoms with van der Waals surface area (Å²) in [7, 11) is 0. The van der Waals surface area contributed by atoms with E-state index in [1.54, 1.807) is 0 Å². The molecule has 0 aromatic carbocycles. The van der Waals surface area contributed by atoms with Crippen LogP contribution in [0.4, 0.5) is 5.82 Å². The van der Waals surface area contributed by atoms with Crippen LogP contribution in [-0.4, -0.2) is 11.0 Å². The molecule has 0 atom stereocenters. The zero-order chi connectivity index (χ0) is 10.6. The van der Waals surface area contributed by atoms with Crippen LogP contribution in [-0.2, 0) is 0 Å². The first kappa shape index (κ1) is 11.0. The van der Waals surface area contributed by atoms with E-state index in [0.29, 0.717) is 6.04 Å². The van der Waals surface area contributed by atoms with Gasteiger partial charge in [-0.15, -0.1) is 0 Å². The van der Waals surface area contributed by atoms with Crippen molar-refractivity contribution in [2.45, 2.75) is 46.6 Å². The van der Waals surface area contributed by atoms with Crippen LogP contribution >= 0.6 is 0 Å². The normalized spacial score (nSPS) is 14.3. The zero-order valence-electron chi connectivity index (χ0n) is 9.59. The van der Waals surface area contributed by atoms with Gasteiger partial charge in [-0.2, -0.15) is 0 Å². The maximum Gasteiger partial charge on any atom is 0.129 e. The largest absolute Gasteiger partial charge is 0.367 e. The number of hydrogen-bond acceptors (Lipinski definition) is 2. The van der Waals surface area contributed by atoms with Crippen LogP contribution in [0.2, 0.25) is 0 Å². The third-order valence-electron chi connectivity index (χ3n) is 2.39. The van der Waals surface area contributed by atoms with Gasteiger partial charge in [-0.25, -0.2) is 4.98 Å². The van der Waals surface area contributed by atoms with E-state index in [1.807, 2.05) is 26.1 Å². The van der Waals surface area contributed by atoms with Gasteiger partial charge in [-0.1, -0.05) is 13.8 Å². The van der Waals surface area contributed by atoms with Crippen LogP contribution in [0.1, 0.15) is 37.8 Å². The first-order chi connectivity index (χ1) is 6.77. The van der Waals surface area contributed by atoms with E-state index in [1.165, 1.54) is 24.0 Å². The Bertz CT molecular complexity index is 290. The molecule has 14 heavy (non-hydrogen) atoms. The van der Waals surface area contributed by atoms with Gasteiger partial charge in [0.05, 0.1) is 0 Å². The fourth-order valence-corrected chi connectivity index (χ4v) is 1.20. The monoisotopic (exact) mass is 192 g/mol. The average molecular weight is 192 g/mol.